The molecular formula is C40H24N2S. The lowest BCUT2D eigenvalue weighted by Gasteiger charge is -2.14. The number of fused-ring (bicyclic) bond motifs is 12. The van der Waals surface area contributed by atoms with Crippen LogP contribution in [0.1, 0.15) is 0 Å². The number of thiophene rings is 1. The quantitative estimate of drug-likeness (QED) is 0.185. The Balaban J connectivity index is 1.43. The van der Waals surface area contributed by atoms with E-state index in [1.165, 1.54) is 85.9 Å². The predicted molar refractivity (Wildman–Crippen MR) is 186 cm³/mol. The van der Waals surface area contributed by atoms with E-state index in [0.717, 1.165) is 0 Å². The van der Waals surface area contributed by atoms with Crippen molar-refractivity contribution in [3.63, 3.8) is 0 Å². The summed E-state index contributed by atoms with van der Waals surface area (Å²) in [5.41, 5.74) is 6.18. The monoisotopic (exact) mass is 564 g/mol. The fourth-order valence-corrected chi connectivity index (χ4v) is 8.69. The number of rotatable bonds is 2. The van der Waals surface area contributed by atoms with E-state index in [4.69, 9.17) is 0 Å². The normalized spacial score (nSPS) is 12.2. The Hall–Kier alpha value is -5.38. The zero-order chi connectivity index (χ0) is 28.1. The molecule has 0 radical (unpaired) electrons. The van der Waals surface area contributed by atoms with Crippen molar-refractivity contribution in [2.75, 3.05) is 0 Å². The van der Waals surface area contributed by atoms with Crippen LogP contribution in [0.4, 0.5) is 0 Å². The molecule has 0 aliphatic rings. The van der Waals surface area contributed by atoms with Crippen molar-refractivity contribution in [2.45, 2.75) is 0 Å². The van der Waals surface area contributed by atoms with Crippen LogP contribution in [0.2, 0.25) is 0 Å². The minimum atomic E-state index is 1.19. The van der Waals surface area contributed by atoms with Crippen LogP contribution in [0, 0.1) is 0 Å². The third kappa shape index (κ3) is 3.07. The van der Waals surface area contributed by atoms with Crippen LogP contribution >= 0.6 is 11.3 Å². The summed E-state index contributed by atoms with van der Waals surface area (Å²) in [4.78, 5) is 1.29. The average molecular weight is 565 g/mol. The molecule has 0 unspecified atom stereocenters. The fraction of sp³-hybridized carbons (Fsp3) is 0. The molecule has 0 fully saturated rings. The highest BCUT2D eigenvalue weighted by Crippen LogP contribution is 2.47. The van der Waals surface area contributed by atoms with E-state index in [1.54, 1.807) is 0 Å². The van der Waals surface area contributed by atoms with Crippen molar-refractivity contribution in [3.05, 3.63) is 146 Å². The molecule has 10 rings (SSSR count). The van der Waals surface area contributed by atoms with Crippen LogP contribution in [0.5, 0.6) is 0 Å². The minimum absolute atomic E-state index is 1.19. The van der Waals surface area contributed by atoms with Gasteiger partial charge in [0.15, 0.2) is 0 Å². The number of nitrogens with zero attached hydrogens (tertiary/aromatic N) is 2. The van der Waals surface area contributed by atoms with E-state index in [2.05, 4.69) is 155 Å². The highest BCUT2D eigenvalue weighted by molar-refractivity contribution is 7.26. The Labute approximate surface area is 251 Å². The van der Waals surface area contributed by atoms with Gasteiger partial charge in [0.05, 0.1) is 26.9 Å². The molecule has 200 valence electrons. The molecule has 0 N–H and O–H groups in total. The lowest BCUT2D eigenvalue weighted by atomic mass is 10.00. The summed E-state index contributed by atoms with van der Waals surface area (Å²) < 4.78 is 6.30. The van der Waals surface area contributed by atoms with Gasteiger partial charge in [-0.05, 0) is 46.5 Å². The topological polar surface area (TPSA) is 9.86 Å². The molecular weight excluding hydrogens is 541 g/mol. The first-order chi connectivity index (χ1) is 21.4. The summed E-state index contributed by atoms with van der Waals surface area (Å²) in [7, 11) is 0. The number of hydrogen-bond acceptors (Lipinski definition) is 1. The van der Waals surface area contributed by atoms with Crippen molar-refractivity contribution >= 4 is 85.9 Å². The number of hydrogen-bond donors (Lipinski definition) is 0. The number of benzene rings is 7. The molecule has 10 aromatic rings. The molecule has 0 amide bonds. The summed E-state index contributed by atoms with van der Waals surface area (Å²) in [6, 6.07) is 53.2. The Morgan fingerprint density at radius 3 is 1.84 bits per heavy atom. The second-order valence-electron chi connectivity index (χ2n) is 11.3. The lowest BCUT2D eigenvalue weighted by molar-refractivity contribution is 1.19. The van der Waals surface area contributed by atoms with Crippen LogP contribution < -0.4 is 0 Å². The van der Waals surface area contributed by atoms with Crippen molar-refractivity contribution in [1.82, 2.24) is 9.13 Å². The van der Waals surface area contributed by atoms with Crippen LogP contribution in [0.3, 0.4) is 0 Å². The van der Waals surface area contributed by atoms with Crippen LogP contribution in [0.25, 0.3) is 85.9 Å². The molecule has 0 bridgehead atoms. The molecule has 0 aliphatic heterocycles. The maximum absolute atomic E-state index is 2.53. The standard InChI is InChI=1S/C40H24N2S/c1-2-13-26(14-3-1)41-35-21-11-9-19-32(35)37-33-23-22-31-30-18-8-10-20-34(30)42(38(31)39(33)43-40(37)41)36-24-25-12-4-5-15-27(25)28-16-6-7-17-29(28)36/h1-24H. The van der Waals surface area contributed by atoms with Gasteiger partial charge in [-0.3, -0.25) is 0 Å². The zero-order valence-corrected chi connectivity index (χ0v) is 24.0. The summed E-state index contributed by atoms with van der Waals surface area (Å²) in [6.07, 6.45) is 0. The molecule has 7 aromatic carbocycles. The highest BCUT2D eigenvalue weighted by atomic mass is 32.1. The third-order valence-corrected chi connectivity index (χ3v) is 10.3. The number of para-hydroxylation sites is 3. The SMILES string of the molecule is c1ccc(-n2c3ccccc3c3c4ccc5c6ccccc6n(-c6cc7ccccc7c7ccccc67)c5c4sc32)cc1. The molecule has 3 aromatic heterocycles. The van der Waals surface area contributed by atoms with Gasteiger partial charge in [0.25, 0.3) is 0 Å². The van der Waals surface area contributed by atoms with Crippen LogP contribution in [0.15, 0.2) is 146 Å². The van der Waals surface area contributed by atoms with E-state index in [1.807, 2.05) is 11.3 Å². The van der Waals surface area contributed by atoms with E-state index in [9.17, 15) is 0 Å². The molecule has 0 saturated heterocycles. The van der Waals surface area contributed by atoms with E-state index >= 15 is 0 Å². The van der Waals surface area contributed by atoms with Gasteiger partial charge >= 0.3 is 0 Å². The fourth-order valence-electron chi connectivity index (χ4n) is 7.30. The Bertz CT molecular complexity index is 2720. The minimum Gasteiger partial charge on any atom is -0.307 e. The van der Waals surface area contributed by atoms with Crippen molar-refractivity contribution in [1.29, 1.82) is 0 Å². The summed E-state index contributed by atoms with van der Waals surface area (Å²) in [5, 5.41) is 11.6. The van der Waals surface area contributed by atoms with E-state index < -0.39 is 0 Å². The number of aromatic nitrogens is 2. The van der Waals surface area contributed by atoms with Crippen LogP contribution in [-0.2, 0) is 0 Å². The Morgan fingerprint density at radius 2 is 1.02 bits per heavy atom. The summed E-state index contributed by atoms with van der Waals surface area (Å²) in [6.45, 7) is 0. The molecule has 2 nitrogen and oxygen atoms in total. The maximum atomic E-state index is 2.53. The van der Waals surface area contributed by atoms with Crippen molar-refractivity contribution in [3.8, 4) is 11.4 Å². The zero-order valence-electron chi connectivity index (χ0n) is 23.2. The van der Waals surface area contributed by atoms with Gasteiger partial charge in [0, 0.05) is 38.0 Å². The molecule has 3 heterocycles. The van der Waals surface area contributed by atoms with Crippen LogP contribution in [-0.4, -0.2) is 9.13 Å². The van der Waals surface area contributed by atoms with Crippen molar-refractivity contribution < 1.29 is 0 Å². The van der Waals surface area contributed by atoms with Gasteiger partial charge in [-0.15, -0.1) is 11.3 Å². The second kappa shape index (κ2) is 8.57. The van der Waals surface area contributed by atoms with E-state index in [-0.39, 0.29) is 0 Å². The molecule has 0 atom stereocenters. The first-order valence-corrected chi connectivity index (χ1v) is 15.5. The van der Waals surface area contributed by atoms with Gasteiger partial charge in [0.2, 0.25) is 0 Å². The molecule has 0 aliphatic carbocycles. The Kier molecular flexibility index (Phi) is 4.63. The maximum Gasteiger partial charge on any atom is 0.109 e. The molecule has 3 heteroatoms. The summed E-state index contributed by atoms with van der Waals surface area (Å²) in [5.74, 6) is 0. The van der Waals surface area contributed by atoms with Gasteiger partial charge in [-0.2, -0.15) is 0 Å². The average Bonchev–Trinajstić information content (AvgIpc) is 3.72. The van der Waals surface area contributed by atoms with Gasteiger partial charge in [0.1, 0.15) is 4.83 Å². The first-order valence-electron chi connectivity index (χ1n) is 14.7. The van der Waals surface area contributed by atoms with Gasteiger partial charge in [-0.1, -0.05) is 115 Å². The Morgan fingerprint density at radius 1 is 0.419 bits per heavy atom. The predicted octanol–water partition coefficient (Wildman–Crippen LogP) is 11.4. The van der Waals surface area contributed by atoms with Gasteiger partial charge < -0.3 is 9.13 Å². The molecule has 0 saturated carbocycles. The van der Waals surface area contributed by atoms with Gasteiger partial charge in [-0.25, -0.2) is 0 Å². The highest BCUT2D eigenvalue weighted by Gasteiger charge is 2.23. The largest absolute Gasteiger partial charge is 0.307 e. The second-order valence-corrected chi connectivity index (χ2v) is 12.3. The third-order valence-electron chi connectivity index (χ3n) is 9.09. The van der Waals surface area contributed by atoms with Crippen molar-refractivity contribution in [2.24, 2.45) is 0 Å². The smallest absolute Gasteiger partial charge is 0.109 e. The first kappa shape index (κ1) is 23.2. The molecule has 43 heavy (non-hydrogen) atoms. The molecule has 0 spiro atoms. The lowest BCUT2D eigenvalue weighted by Crippen LogP contribution is -1.96. The summed E-state index contributed by atoms with van der Waals surface area (Å²) >= 11 is 1.91. The van der Waals surface area contributed by atoms with E-state index in [0.29, 0.717) is 0 Å².